The van der Waals surface area contributed by atoms with Gasteiger partial charge in [-0.15, -0.1) is 0 Å². The molecule has 1 aliphatic heterocycles. The summed E-state index contributed by atoms with van der Waals surface area (Å²) >= 11 is 6.24. The van der Waals surface area contributed by atoms with Gasteiger partial charge in [0.2, 0.25) is 0 Å². The number of carbonyl (C=O) groups is 3. The van der Waals surface area contributed by atoms with Gasteiger partial charge in [-0.2, -0.15) is 0 Å². The monoisotopic (exact) mass is 473 g/mol. The van der Waals surface area contributed by atoms with E-state index in [0.29, 0.717) is 23.5 Å². The second-order valence-electron chi connectivity index (χ2n) is 8.01. The lowest BCUT2D eigenvalue weighted by atomic mass is 10.1. The fourth-order valence-corrected chi connectivity index (χ4v) is 4.09. The van der Waals surface area contributed by atoms with Crippen molar-refractivity contribution < 1.29 is 14.4 Å². The molecule has 3 aromatic rings. The standard InChI is InChI=1S/C27H24ClN3O3/c1-4-30(21-10-7-8-17(2)16-21)25(32)19-12-14-20(15-13-19)29-24-23(28)26(33)31(27(24)34)22-11-6-5-9-18(22)3/h5-16,29H,4H2,1-3H3. The Kier molecular flexibility index (Phi) is 6.52. The Bertz CT molecular complexity index is 1310. The molecule has 1 N–H and O–H groups in total. The molecule has 0 atom stereocenters. The quantitative estimate of drug-likeness (QED) is 0.486. The SMILES string of the molecule is CCN(C(=O)c1ccc(NC2=C(Cl)C(=O)N(c3ccccc3C)C2=O)cc1)c1cccc(C)c1. The van der Waals surface area contributed by atoms with Crippen molar-refractivity contribution >= 4 is 46.4 Å². The molecule has 4 rings (SSSR count). The molecule has 0 fully saturated rings. The average molecular weight is 474 g/mol. The van der Waals surface area contributed by atoms with E-state index in [9.17, 15) is 14.4 Å². The van der Waals surface area contributed by atoms with Crippen LogP contribution in [0.2, 0.25) is 0 Å². The first-order valence-electron chi connectivity index (χ1n) is 10.9. The second kappa shape index (κ2) is 9.53. The van der Waals surface area contributed by atoms with E-state index in [1.807, 2.05) is 57.2 Å². The average Bonchev–Trinajstić information content (AvgIpc) is 3.03. The molecule has 1 aliphatic rings. The number of hydrogen-bond acceptors (Lipinski definition) is 4. The van der Waals surface area contributed by atoms with Gasteiger partial charge >= 0.3 is 0 Å². The number of nitrogens with one attached hydrogen (secondary N) is 1. The molecule has 172 valence electrons. The van der Waals surface area contributed by atoms with Crippen LogP contribution < -0.4 is 15.1 Å². The molecule has 3 amide bonds. The fraction of sp³-hybridized carbons (Fsp3) is 0.148. The third kappa shape index (κ3) is 4.32. The summed E-state index contributed by atoms with van der Waals surface area (Å²) in [6, 6.07) is 21.6. The maximum Gasteiger partial charge on any atom is 0.283 e. The van der Waals surface area contributed by atoms with Crippen LogP contribution in [0.1, 0.15) is 28.4 Å². The van der Waals surface area contributed by atoms with Crippen molar-refractivity contribution in [2.45, 2.75) is 20.8 Å². The third-order valence-electron chi connectivity index (χ3n) is 5.66. The molecule has 0 saturated heterocycles. The molecular formula is C27H24ClN3O3. The fourth-order valence-electron chi connectivity index (χ4n) is 3.88. The van der Waals surface area contributed by atoms with Crippen molar-refractivity contribution in [1.29, 1.82) is 0 Å². The number of para-hydroxylation sites is 1. The van der Waals surface area contributed by atoms with E-state index >= 15 is 0 Å². The van der Waals surface area contributed by atoms with E-state index < -0.39 is 11.8 Å². The lowest BCUT2D eigenvalue weighted by molar-refractivity contribution is -0.120. The van der Waals surface area contributed by atoms with Crippen molar-refractivity contribution in [2.75, 3.05) is 21.7 Å². The maximum atomic E-state index is 13.1. The molecule has 0 unspecified atom stereocenters. The number of rotatable bonds is 6. The molecule has 0 radical (unpaired) electrons. The van der Waals surface area contributed by atoms with Gasteiger partial charge in [0.1, 0.15) is 10.7 Å². The van der Waals surface area contributed by atoms with Crippen molar-refractivity contribution in [3.05, 3.63) is 100 Å². The van der Waals surface area contributed by atoms with Crippen LogP contribution >= 0.6 is 11.6 Å². The molecule has 34 heavy (non-hydrogen) atoms. The van der Waals surface area contributed by atoms with Crippen LogP contribution in [0, 0.1) is 13.8 Å². The Morgan fingerprint density at radius 1 is 0.941 bits per heavy atom. The van der Waals surface area contributed by atoms with Crippen LogP contribution in [0.15, 0.2) is 83.5 Å². The third-order valence-corrected chi connectivity index (χ3v) is 6.01. The minimum atomic E-state index is -0.577. The number of anilines is 3. The molecule has 0 aromatic heterocycles. The van der Waals surface area contributed by atoms with Crippen molar-refractivity contribution in [3.8, 4) is 0 Å². The van der Waals surface area contributed by atoms with Gasteiger partial charge in [-0.05, 0) is 74.4 Å². The summed E-state index contributed by atoms with van der Waals surface area (Å²) in [6.07, 6.45) is 0. The summed E-state index contributed by atoms with van der Waals surface area (Å²) < 4.78 is 0. The summed E-state index contributed by atoms with van der Waals surface area (Å²) in [4.78, 5) is 41.6. The van der Waals surface area contributed by atoms with Gasteiger partial charge in [0.15, 0.2) is 0 Å². The molecule has 0 saturated carbocycles. The van der Waals surface area contributed by atoms with Crippen LogP contribution in [0.5, 0.6) is 0 Å². The van der Waals surface area contributed by atoms with Gasteiger partial charge in [0.05, 0.1) is 5.69 Å². The summed E-state index contributed by atoms with van der Waals surface area (Å²) in [5, 5.41) is 2.77. The number of aryl methyl sites for hydroxylation is 2. The van der Waals surface area contributed by atoms with E-state index in [2.05, 4.69) is 5.32 Å². The van der Waals surface area contributed by atoms with E-state index in [0.717, 1.165) is 21.7 Å². The number of benzene rings is 3. The van der Waals surface area contributed by atoms with E-state index in [1.165, 1.54) is 0 Å². The van der Waals surface area contributed by atoms with Gasteiger partial charge < -0.3 is 10.2 Å². The minimum Gasteiger partial charge on any atom is -0.350 e. The summed E-state index contributed by atoms with van der Waals surface area (Å²) in [7, 11) is 0. The normalized spacial score (nSPS) is 13.5. The lowest BCUT2D eigenvalue weighted by Crippen LogP contribution is -2.32. The number of nitrogens with zero attached hydrogens (tertiary/aromatic N) is 2. The second-order valence-corrected chi connectivity index (χ2v) is 8.39. The molecule has 3 aromatic carbocycles. The number of hydrogen-bond donors (Lipinski definition) is 1. The Morgan fingerprint density at radius 3 is 2.29 bits per heavy atom. The molecule has 0 bridgehead atoms. The first kappa shape index (κ1) is 23.3. The van der Waals surface area contributed by atoms with Crippen LogP contribution in [0.4, 0.5) is 17.1 Å². The predicted molar refractivity (Wildman–Crippen MR) is 135 cm³/mol. The zero-order chi connectivity index (χ0) is 24.4. The minimum absolute atomic E-state index is 0.00365. The summed E-state index contributed by atoms with van der Waals surface area (Å²) in [5.74, 6) is -1.23. The predicted octanol–water partition coefficient (Wildman–Crippen LogP) is 5.41. The molecule has 1 heterocycles. The highest BCUT2D eigenvalue weighted by atomic mass is 35.5. The van der Waals surface area contributed by atoms with Gasteiger partial charge in [0, 0.05) is 23.5 Å². The van der Waals surface area contributed by atoms with Crippen molar-refractivity contribution in [3.63, 3.8) is 0 Å². The number of halogens is 1. The van der Waals surface area contributed by atoms with E-state index in [-0.39, 0.29) is 16.6 Å². The van der Waals surface area contributed by atoms with Crippen molar-refractivity contribution in [2.24, 2.45) is 0 Å². The Morgan fingerprint density at radius 2 is 1.65 bits per heavy atom. The number of amides is 3. The van der Waals surface area contributed by atoms with Crippen LogP contribution in [-0.2, 0) is 9.59 Å². The first-order valence-corrected chi connectivity index (χ1v) is 11.3. The van der Waals surface area contributed by atoms with E-state index in [1.54, 1.807) is 41.3 Å². The lowest BCUT2D eigenvalue weighted by Gasteiger charge is -2.21. The zero-order valence-corrected chi connectivity index (χ0v) is 19.9. The topological polar surface area (TPSA) is 69.7 Å². The molecule has 7 heteroatoms. The molecule has 0 aliphatic carbocycles. The molecule has 0 spiro atoms. The van der Waals surface area contributed by atoms with Crippen LogP contribution in [-0.4, -0.2) is 24.3 Å². The van der Waals surface area contributed by atoms with Gasteiger partial charge in [-0.3, -0.25) is 14.4 Å². The molecule has 6 nitrogen and oxygen atoms in total. The Labute approximate surface area is 203 Å². The van der Waals surface area contributed by atoms with Crippen LogP contribution in [0.3, 0.4) is 0 Å². The molecular weight excluding hydrogens is 450 g/mol. The zero-order valence-electron chi connectivity index (χ0n) is 19.1. The summed E-state index contributed by atoms with van der Waals surface area (Å²) in [5.41, 5.74) is 4.22. The number of carbonyl (C=O) groups excluding carboxylic acids is 3. The highest BCUT2D eigenvalue weighted by Gasteiger charge is 2.39. The Hall–Kier alpha value is -3.90. The highest BCUT2D eigenvalue weighted by molar-refractivity contribution is 6.53. The van der Waals surface area contributed by atoms with Crippen LogP contribution in [0.25, 0.3) is 0 Å². The number of imide groups is 1. The van der Waals surface area contributed by atoms with Gasteiger partial charge in [-0.1, -0.05) is 41.9 Å². The van der Waals surface area contributed by atoms with Gasteiger partial charge in [-0.25, -0.2) is 4.90 Å². The highest BCUT2D eigenvalue weighted by Crippen LogP contribution is 2.32. The largest absolute Gasteiger partial charge is 0.350 e. The van der Waals surface area contributed by atoms with E-state index in [4.69, 9.17) is 11.6 Å². The van der Waals surface area contributed by atoms with Gasteiger partial charge in [0.25, 0.3) is 17.7 Å². The maximum absolute atomic E-state index is 13.1. The first-order chi connectivity index (χ1) is 16.3. The summed E-state index contributed by atoms with van der Waals surface area (Å²) in [6.45, 7) is 6.25. The Balaban J connectivity index is 1.53. The van der Waals surface area contributed by atoms with Crippen molar-refractivity contribution in [1.82, 2.24) is 0 Å². The smallest absolute Gasteiger partial charge is 0.283 e.